The van der Waals surface area contributed by atoms with Crippen molar-refractivity contribution < 1.29 is 19.8 Å². The van der Waals surface area contributed by atoms with E-state index in [0.29, 0.717) is 11.6 Å². The Kier molecular flexibility index (Phi) is 4.22. The van der Waals surface area contributed by atoms with Crippen molar-refractivity contribution in [3.8, 4) is 0 Å². The number of urea groups is 1. The Morgan fingerprint density at radius 3 is 2.80 bits per heavy atom. The van der Waals surface area contributed by atoms with Gasteiger partial charge in [-0.1, -0.05) is 0 Å². The number of amides is 2. The number of hydrogen-bond donors (Lipinski definition) is 2. The summed E-state index contributed by atoms with van der Waals surface area (Å²) in [5, 5.41) is 17.5. The summed E-state index contributed by atoms with van der Waals surface area (Å²) in [5.74, 6) is -0.162. The van der Waals surface area contributed by atoms with E-state index in [0.717, 1.165) is 0 Å². The summed E-state index contributed by atoms with van der Waals surface area (Å²) in [4.78, 5) is 25.2. The molecule has 1 saturated heterocycles. The molecule has 2 amide bonds. The lowest BCUT2D eigenvalue weighted by molar-refractivity contribution is -0.140. The highest BCUT2D eigenvalue weighted by Crippen LogP contribution is 2.22. The summed E-state index contributed by atoms with van der Waals surface area (Å²) in [6, 6.07) is -1.09. The molecular formula is C8H14N2O4S. The van der Waals surface area contributed by atoms with Crippen LogP contribution in [0.4, 0.5) is 4.79 Å². The molecule has 1 unspecified atom stereocenters. The first-order valence-electron chi connectivity index (χ1n) is 4.51. The average molecular weight is 234 g/mol. The number of thioether (sulfide) groups is 1. The normalized spacial score (nSPS) is 20.4. The molecule has 1 aliphatic heterocycles. The smallest absolute Gasteiger partial charge is 0.327 e. The molecule has 7 heteroatoms. The molecule has 0 radical (unpaired) electrons. The summed E-state index contributed by atoms with van der Waals surface area (Å²) < 4.78 is 0. The van der Waals surface area contributed by atoms with Crippen LogP contribution < -0.4 is 0 Å². The summed E-state index contributed by atoms with van der Waals surface area (Å²) in [7, 11) is 1.54. The van der Waals surface area contributed by atoms with Crippen LogP contribution in [-0.2, 0) is 4.79 Å². The maximum Gasteiger partial charge on any atom is 0.327 e. The van der Waals surface area contributed by atoms with Gasteiger partial charge in [-0.2, -0.15) is 0 Å². The molecule has 2 N–H and O–H groups in total. The predicted molar refractivity (Wildman–Crippen MR) is 55.7 cm³/mol. The highest BCUT2D eigenvalue weighted by Gasteiger charge is 2.35. The van der Waals surface area contributed by atoms with Crippen molar-refractivity contribution in [2.75, 3.05) is 31.8 Å². The summed E-state index contributed by atoms with van der Waals surface area (Å²) in [5.41, 5.74) is 0. The number of aliphatic carboxylic acids is 1. The molecule has 1 rings (SSSR count). The quantitative estimate of drug-likeness (QED) is 0.687. The van der Waals surface area contributed by atoms with Crippen LogP contribution in [0.3, 0.4) is 0 Å². The molecule has 0 spiro atoms. The largest absolute Gasteiger partial charge is 0.480 e. The lowest BCUT2D eigenvalue weighted by Gasteiger charge is -2.26. The van der Waals surface area contributed by atoms with Crippen molar-refractivity contribution in [3.63, 3.8) is 0 Å². The summed E-state index contributed by atoms with van der Waals surface area (Å²) in [6.45, 7) is 0.0906. The average Bonchev–Trinajstić information content (AvgIpc) is 2.65. The lowest BCUT2D eigenvalue weighted by Crippen LogP contribution is -2.48. The highest BCUT2D eigenvalue weighted by molar-refractivity contribution is 7.99. The Morgan fingerprint density at radius 1 is 1.60 bits per heavy atom. The Morgan fingerprint density at radius 2 is 2.27 bits per heavy atom. The molecule has 0 saturated carbocycles. The Labute approximate surface area is 91.8 Å². The molecule has 0 aromatic rings. The van der Waals surface area contributed by atoms with Gasteiger partial charge in [0.25, 0.3) is 0 Å². The fourth-order valence-electron chi connectivity index (χ4n) is 1.30. The van der Waals surface area contributed by atoms with Crippen LogP contribution in [0.25, 0.3) is 0 Å². The van der Waals surface area contributed by atoms with E-state index in [1.165, 1.54) is 21.6 Å². The van der Waals surface area contributed by atoms with E-state index in [9.17, 15) is 9.59 Å². The standard InChI is InChI=1S/C8H14N2O4S/c1-9(2-3-11)8(14)10-5-15-4-6(10)7(12)13/h6,11H,2-5H2,1H3,(H,12,13). The van der Waals surface area contributed by atoms with Crippen molar-refractivity contribution in [2.45, 2.75) is 6.04 Å². The number of carbonyl (C=O) groups excluding carboxylic acids is 1. The zero-order valence-electron chi connectivity index (χ0n) is 8.42. The van der Waals surface area contributed by atoms with Crippen molar-refractivity contribution in [1.82, 2.24) is 9.80 Å². The molecule has 1 fully saturated rings. The minimum atomic E-state index is -0.981. The van der Waals surface area contributed by atoms with Gasteiger partial charge in [0.1, 0.15) is 6.04 Å². The van der Waals surface area contributed by atoms with E-state index in [1.807, 2.05) is 0 Å². The molecule has 6 nitrogen and oxygen atoms in total. The van der Waals surface area contributed by atoms with Gasteiger partial charge < -0.3 is 20.0 Å². The zero-order valence-corrected chi connectivity index (χ0v) is 9.24. The molecule has 0 aromatic carbocycles. The molecule has 0 aromatic heterocycles. The third-order valence-corrected chi connectivity index (χ3v) is 3.19. The Bertz CT molecular complexity index is 261. The van der Waals surface area contributed by atoms with Gasteiger partial charge in [0, 0.05) is 19.3 Å². The van der Waals surface area contributed by atoms with E-state index >= 15 is 0 Å². The predicted octanol–water partition coefficient (Wildman–Crippen LogP) is -0.510. The van der Waals surface area contributed by atoms with Crippen molar-refractivity contribution in [2.24, 2.45) is 0 Å². The topological polar surface area (TPSA) is 81.1 Å². The molecule has 86 valence electrons. The second kappa shape index (κ2) is 5.22. The van der Waals surface area contributed by atoms with Gasteiger partial charge >= 0.3 is 12.0 Å². The Hall–Kier alpha value is -0.950. The molecule has 1 heterocycles. The van der Waals surface area contributed by atoms with Crippen molar-refractivity contribution >= 4 is 23.8 Å². The van der Waals surface area contributed by atoms with E-state index in [2.05, 4.69) is 0 Å². The number of rotatable bonds is 3. The first kappa shape index (κ1) is 12.1. The number of carbonyl (C=O) groups is 2. The van der Waals surface area contributed by atoms with Gasteiger partial charge in [0.15, 0.2) is 0 Å². The second-order valence-corrected chi connectivity index (χ2v) is 4.25. The van der Waals surface area contributed by atoms with E-state index in [-0.39, 0.29) is 19.2 Å². The number of hydrogen-bond acceptors (Lipinski definition) is 4. The van der Waals surface area contributed by atoms with Crippen molar-refractivity contribution in [1.29, 1.82) is 0 Å². The molecule has 0 aliphatic carbocycles. The van der Waals surface area contributed by atoms with Crippen LogP contribution in [0.15, 0.2) is 0 Å². The van der Waals surface area contributed by atoms with Gasteiger partial charge in [-0.3, -0.25) is 0 Å². The first-order chi connectivity index (χ1) is 7.07. The fourth-order valence-corrected chi connectivity index (χ4v) is 2.44. The van der Waals surface area contributed by atoms with E-state index in [1.54, 1.807) is 7.05 Å². The highest BCUT2D eigenvalue weighted by atomic mass is 32.2. The first-order valence-corrected chi connectivity index (χ1v) is 5.66. The van der Waals surface area contributed by atoms with Crippen LogP contribution in [0.5, 0.6) is 0 Å². The molecule has 1 atom stereocenters. The van der Waals surface area contributed by atoms with E-state index < -0.39 is 12.0 Å². The maximum atomic E-state index is 11.7. The van der Waals surface area contributed by atoms with Crippen molar-refractivity contribution in [3.05, 3.63) is 0 Å². The molecule has 15 heavy (non-hydrogen) atoms. The minimum Gasteiger partial charge on any atom is -0.480 e. The number of aliphatic hydroxyl groups is 1. The van der Waals surface area contributed by atoms with Crippen LogP contribution in [-0.4, -0.2) is 69.9 Å². The fraction of sp³-hybridized carbons (Fsp3) is 0.750. The van der Waals surface area contributed by atoms with Gasteiger partial charge in [0.05, 0.1) is 12.5 Å². The monoisotopic (exact) mass is 234 g/mol. The zero-order chi connectivity index (χ0) is 11.4. The second-order valence-electron chi connectivity index (χ2n) is 3.25. The van der Waals surface area contributed by atoms with Gasteiger partial charge in [-0.05, 0) is 0 Å². The number of nitrogens with zero attached hydrogens (tertiary/aromatic N) is 2. The van der Waals surface area contributed by atoms with Crippen LogP contribution >= 0.6 is 11.8 Å². The molecule has 0 bridgehead atoms. The maximum absolute atomic E-state index is 11.7. The van der Waals surface area contributed by atoms with Crippen LogP contribution in [0.2, 0.25) is 0 Å². The number of carboxylic acid groups (broad SMARTS) is 1. The third-order valence-electron chi connectivity index (χ3n) is 2.18. The SMILES string of the molecule is CN(CCO)C(=O)N1CSCC1C(=O)O. The van der Waals surface area contributed by atoms with Gasteiger partial charge in [-0.25, -0.2) is 9.59 Å². The van der Waals surface area contributed by atoms with Crippen LogP contribution in [0.1, 0.15) is 0 Å². The minimum absolute atomic E-state index is 0.124. The summed E-state index contributed by atoms with van der Waals surface area (Å²) in [6.07, 6.45) is 0. The molecular weight excluding hydrogens is 220 g/mol. The van der Waals surface area contributed by atoms with Gasteiger partial charge in [-0.15, -0.1) is 11.8 Å². The van der Waals surface area contributed by atoms with Crippen LogP contribution in [0, 0.1) is 0 Å². The van der Waals surface area contributed by atoms with E-state index in [4.69, 9.17) is 10.2 Å². The number of likely N-dealkylation sites (N-methyl/N-ethyl adjacent to an activating group) is 1. The third kappa shape index (κ3) is 2.75. The Balaban J connectivity index is 2.62. The van der Waals surface area contributed by atoms with Gasteiger partial charge in [0.2, 0.25) is 0 Å². The number of carboxylic acids is 1. The lowest BCUT2D eigenvalue weighted by atomic mass is 10.3. The number of aliphatic hydroxyl groups excluding tert-OH is 1. The summed E-state index contributed by atoms with van der Waals surface area (Å²) >= 11 is 1.42. The molecule has 1 aliphatic rings.